The number of nitrogens with zero attached hydrogens (tertiary/aromatic N) is 2. The van der Waals surface area contributed by atoms with Crippen molar-refractivity contribution in [3.05, 3.63) is 22.8 Å². The van der Waals surface area contributed by atoms with Gasteiger partial charge in [-0.2, -0.15) is 0 Å². The van der Waals surface area contributed by atoms with Crippen molar-refractivity contribution in [1.82, 2.24) is 9.88 Å². The normalized spacial score (nSPS) is 11.4. The molecule has 1 aromatic rings. The Bertz CT molecular complexity index is 456. The monoisotopic (exact) mass is 300 g/mol. The molecule has 0 saturated carbocycles. The minimum atomic E-state index is -1.05. The third kappa shape index (κ3) is 4.98. The van der Waals surface area contributed by atoms with Crippen molar-refractivity contribution in [2.24, 2.45) is 0 Å². The second kappa shape index (κ2) is 7.45. The van der Waals surface area contributed by atoms with Gasteiger partial charge in [0, 0.05) is 24.7 Å². The van der Waals surface area contributed by atoms with Gasteiger partial charge in [-0.05, 0) is 33.8 Å². The average molecular weight is 301 g/mol. The summed E-state index contributed by atoms with van der Waals surface area (Å²) in [6.07, 6.45) is 0. The summed E-state index contributed by atoms with van der Waals surface area (Å²) in [5, 5.41) is 9.06. The van der Waals surface area contributed by atoms with Crippen LogP contribution in [0.25, 0.3) is 0 Å². The van der Waals surface area contributed by atoms with Crippen LogP contribution in [0.5, 0.6) is 5.88 Å². The number of halogens is 1. The van der Waals surface area contributed by atoms with Crippen LogP contribution in [0.1, 0.15) is 38.1 Å². The lowest BCUT2D eigenvalue weighted by molar-refractivity contribution is 0.0696. The van der Waals surface area contributed by atoms with Crippen LogP contribution >= 0.6 is 11.6 Å². The van der Waals surface area contributed by atoms with Crippen molar-refractivity contribution < 1.29 is 14.6 Å². The molecule has 0 fully saturated rings. The van der Waals surface area contributed by atoms with Gasteiger partial charge in [-0.1, -0.05) is 11.6 Å². The number of carboxylic acids is 1. The Morgan fingerprint density at radius 3 is 2.45 bits per heavy atom. The second-order valence-corrected chi connectivity index (χ2v) is 5.48. The molecule has 0 saturated heterocycles. The molecule has 0 aliphatic heterocycles. The molecular formula is C14H21ClN2O3. The summed E-state index contributed by atoms with van der Waals surface area (Å²) in [6.45, 7) is 9.68. The van der Waals surface area contributed by atoms with Gasteiger partial charge in [-0.15, -0.1) is 0 Å². The molecule has 0 spiro atoms. The standard InChI is InChI=1S/C14H21ClN2O3/c1-9(2)17(10(3)4)5-6-20-13-8-11(14(18)19)7-12(15)16-13/h7-10H,5-6H2,1-4H3,(H,18,19). The van der Waals surface area contributed by atoms with E-state index in [9.17, 15) is 4.79 Å². The van der Waals surface area contributed by atoms with Crippen molar-refractivity contribution >= 4 is 17.6 Å². The van der Waals surface area contributed by atoms with E-state index in [1.165, 1.54) is 12.1 Å². The molecule has 0 atom stereocenters. The molecule has 6 heteroatoms. The molecule has 0 aliphatic carbocycles. The third-order valence-electron chi connectivity index (χ3n) is 2.94. The van der Waals surface area contributed by atoms with E-state index in [4.69, 9.17) is 21.4 Å². The minimum Gasteiger partial charge on any atom is -0.478 e. The number of hydrogen-bond acceptors (Lipinski definition) is 4. The van der Waals surface area contributed by atoms with E-state index in [0.717, 1.165) is 6.54 Å². The van der Waals surface area contributed by atoms with E-state index < -0.39 is 5.97 Å². The summed E-state index contributed by atoms with van der Waals surface area (Å²) in [6, 6.07) is 3.51. The maximum atomic E-state index is 10.9. The quantitative estimate of drug-likeness (QED) is 0.784. The first-order valence-electron chi connectivity index (χ1n) is 6.60. The topological polar surface area (TPSA) is 62.7 Å². The van der Waals surface area contributed by atoms with Crippen LogP contribution in [-0.4, -0.2) is 46.2 Å². The van der Waals surface area contributed by atoms with E-state index >= 15 is 0 Å². The molecule has 0 aliphatic rings. The zero-order chi connectivity index (χ0) is 15.3. The first-order chi connectivity index (χ1) is 9.31. The fourth-order valence-corrected chi connectivity index (χ4v) is 2.24. The number of pyridine rings is 1. The maximum Gasteiger partial charge on any atom is 0.335 e. The molecule has 5 nitrogen and oxygen atoms in total. The van der Waals surface area contributed by atoms with Gasteiger partial charge >= 0.3 is 5.97 Å². The molecule has 1 heterocycles. The zero-order valence-electron chi connectivity index (χ0n) is 12.3. The zero-order valence-corrected chi connectivity index (χ0v) is 13.0. The second-order valence-electron chi connectivity index (χ2n) is 5.10. The lowest BCUT2D eigenvalue weighted by Gasteiger charge is -2.30. The number of ether oxygens (including phenoxy) is 1. The fourth-order valence-electron chi connectivity index (χ4n) is 2.04. The number of aromatic nitrogens is 1. The first kappa shape index (κ1) is 16.7. The van der Waals surface area contributed by atoms with Gasteiger partial charge in [0.25, 0.3) is 0 Å². The minimum absolute atomic E-state index is 0.0737. The highest BCUT2D eigenvalue weighted by molar-refractivity contribution is 6.29. The molecule has 20 heavy (non-hydrogen) atoms. The molecule has 0 radical (unpaired) electrons. The molecule has 0 aromatic carbocycles. The molecule has 0 unspecified atom stereocenters. The Kier molecular flexibility index (Phi) is 6.23. The molecule has 1 aromatic heterocycles. The fraction of sp³-hybridized carbons (Fsp3) is 0.571. The summed E-state index contributed by atoms with van der Waals surface area (Å²) in [4.78, 5) is 17.2. The Morgan fingerprint density at radius 1 is 1.35 bits per heavy atom. The molecule has 0 bridgehead atoms. The van der Waals surface area contributed by atoms with E-state index in [-0.39, 0.29) is 16.6 Å². The van der Waals surface area contributed by atoms with Gasteiger partial charge in [0.15, 0.2) is 0 Å². The lowest BCUT2D eigenvalue weighted by Crippen LogP contribution is -2.39. The van der Waals surface area contributed by atoms with E-state index in [2.05, 4.69) is 37.6 Å². The number of hydrogen-bond donors (Lipinski definition) is 1. The van der Waals surface area contributed by atoms with Crippen molar-refractivity contribution in [3.8, 4) is 5.88 Å². The van der Waals surface area contributed by atoms with Gasteiger partial charge in [0.05, 0.1) is 5.56 Å². The summed E-state index contributed by atoms with van der Waals surface area (Å²) in [5.41, 5.74) is 0.0737. The third-order valence-corrected chi connectivity index (χ3v) is 3.14. The number of carboxylic acid groups (broad SMARTS) is 1. The highest BCUT2D eigenvalue weighted by Gasteiger charge is 2.14. The summed E-state index contributed by atoms with van der Waals surface area (Å²) in [5.74, 6) is -0.813. The number of rotatable bonds is 7. The Balaban J connectivity index is 2.64. The van der Waals surface area contributed by atoms with Crippen LogP contribution < -0.4 is 4.74 Å². The van der Waals surface area contributed by atoms with Crippen molar-refractivity contribution in [2.45, 2.75) is 39.8 Å². The van der Waals surface area contributed by atoms with Crippen LogP contribution in [0.3, 0.4) is 0 Å². The Labute approximate surface area is 124 Å². The lowest BCUT2D eigenvalue weighted by atomic mass is 10.2. The first-order valence-corrected chi connectivity index (χ1v) is 6.98. The molecule has 1 rings (SSSR count). The van der Waals surface area contributed by atoms with Crippen LogP contribution in [0, 0.1) is 0 Å². The average Bonchev–Trinajstić information content (AvgIpc) is 2.32. The summed E-state index contributed by atoms with van der Waals surface area (Å²) < 4.78 is 5.51. The molecule has 112 valence electrons. The highest BCUT2D eigenvalue weighted by Crippen LogP contribution is 2.16. The predicted octanol–water partition coefficient (Wildman–Crippen LogP) is 2.93. The van der Waals surface area contributed by atoms with Gasteiger partial charge in [0.1, 0.15) is 11.8 Å². The van der Waals surface area contributed by atoms with Crippen LogP contribution in [0.2, 0.25) is 5.15 Å². The Hall–Kier alpha value is -1.33. The van der Waals surface area contributed by atoms with Crippen LogP contribution in [-0.2, 0) is 0 Å². The smallest absolute Gasteiger partial charge is 0.335 e. The number of carbonyl (C=O) groups is 1. The molecule has 0 amide bonds. The summed E-state index contributed by atoms with van der Waals surface area (Å²) >= 11 is 5.77. The van der Waals surface area contributed by atoms with Gasteiger partial charge in [0.2, 0.25) is 5.88 Å². The largest absolute Gasteiger partial charge is 0.478 e. The van der Waals surface area contributed by atoms with E-state index in [0.29, 0.717) is 18.7 Å². The maximum absolute atomic E-state index is 10.9. The van der Waals surface area contributed by atoms with Crippen LogP contribution in [0.4, 0.5) is 0 Å². The van der Waals surface area contributed by atoms with Gasteiger partial charge in [-0.3, -0.25) is 4.90 Å². The molecular weight excluding hydrogens is 280 g/mol. The van der Waals surface area contributed by atoms with Gasteiger partial charge in [-0.25, -0.2) is 9.78 Å². The van der Waals surface area contributed by atoms with E-state index in [1.54, 1.807) is 0 Å². The van der Waals surface area contributed by atoms with Crippen molar-refractivity contribution in [1.29, 1.82) is 0 Å². The van der Waals surface area contributed by atoms with E-state index in [1.807, 2.05) is 0 Å². The summed E-state index contributed by atoms with van der Waals surface area (Å²) in [7, 11) is 0. The highest BCUT2D eigenvalue weighted by atomic mass is 35.5. The Morgan fingerprint density at radius 2 is 1.95 bits per heavy atom. The van der Waals surface area contributed by atoms with Crippen molar-refractivity contribution in [2.75, 3.05) is 13.2 Å². The number of aromatic carboxylic acids is 1. The SMILES string of the molecule is CC(C)N(CCOc1cc(C(=O)O)cc(Cl)n1)C(C)C. The van der Waals surface area contributed by atoms with Crippen molar-refractivity contribution in [3.63, 3.8) is 0 Å². The predicted molar refractivity (Wildman–Crippen MR) is 78.7 cm³/mol. The van der Waals surface area contributed by atoms with Crippen LogP contribution in [0.15, 0.2) is 12.1 Å². The van der Waals surface area contributed by atoms with Gasteiger partial charge < -0.3 is 9.84 Å². The molecule has 1 N–H and O–H groups in total.